The summed E-state index contributed by atoms with van der Waals surface area (Å²) in [5.74, 6) is 1.38. The lowest BCUT2D eigenvalue weighted by atomic mass is 9.97. The van der Waals surface area contributed by atoms with Crippen molar-refractivity contribution in [2.24, 2.45) is 0 Å². The van der Waals surface area contributed by atoms with Crippen LogP contribution in [0.15, 0.2) is 23.4 Å². The zero-order chi connectivity index (χ0) is 21.5. The van der Waals surface area contributed by atoms with E-state index >= 15 is 0 Å². The molecule has 1 aromatic carbocycles. The van der Waals surface area contributed by atoms with Gasteiger partial charge in [0.25, 0.3) is 0 Å². The maximum Gasteiger partial charge on any atom is 0.234 e. The van der Waals surface area contributed by atoms with Crippen LogP contribution in [-0.2, 0) is 17.6 Å². The Kier molecular flexibility index (Phi) is 5.49. The van der Waals surface area contributed by atoms with Gasteiger partial charge in [-0.15, -0.1) is 21.5 Å². The van der Waals surface area contributed by atoms with Crippen LogP contribution >= 0.6 is 34.7 Å². The minimum absolute atomic E-state index is 0.176. The summed E-state index contributed by atoms with van der Waals surface area (Å²) >= 11 is 9.15. The third-order valence-corrected chi connectivity index (χ3v) is 7.71. The van der Waals surface area contributed by atoms with Crippen molar-refractivity contribution in [3.05, 3.63) is 39.5 Å². The Labute approximate surface area is 192 Å². The molecule has 1 aliphatic carbocycles. The molecule has 7 nitrogen and oxygen atoms in total. The highest BCUT2D eigenvalue weighted by atomic mass is 35.5. The number of ether oxygens (including phenoxy) is 1. The summed E-state index contributed by atoms with van der Waals surface area (Å²) in [5, 5.41) is 14.0. The Balaban J connectivity index is 1.41. The second-order valence-corrected chi connectivity index (χ2v) is 9.84. The molecule has 0 saturated carbocycles. The molecule has 0 saturated heterocycles. The van der Waals surface area contributed by atoms with Crippen molar-refractivity contribution < 1.29 is 9.53 Å². The molecule has 4 aromatic rings. The predicted octanol–water partition coefficient (Wildman–Crippen LogP) is 4.92. The Morgan fingerprint density at radius 3 is 3.00 bits per heavy atom. The zero-order valence-electron chi connectivity index (χ0n) is 17.1. The number of thiophene rings is 1. The van der Waals surface area contributed by atoms with Gasteiger partial charge in [0.1, 0.15) is 16.4 Å². The van der Waals surface area contributed by atoms with Gasteiger partial charge in [-0.1, -0.05) is 23.4 Å². The third-order valence-electron chi connectivity index (χ3n) is 5.36. The van der Waals surface area contributed by atoms with Crippen LogP contribution < -0.4 is 10.1 Å². The molecule has 0 unspecified atom stereocenters. The molecular weight excluding hydrogens is 454 g/mol. The molecular formula is C21H20ClN5O2S2. The van der Waals surface area contributed by atoms with Crippen molar-refractivity contribution in [2.45, 2.75) is 37.8 Å². The average Bonchev–Trinajstić information content (AvgIpc) is 3.33. The molecule has 0 atom stereocenters. The van der Waals surface area contributed by atoms with Crippen molar-refractivity contribution in [3.8, 4) is 5.75 Å². The van der Waals surface area contributed by atoms with E-state index in [2.05, 4.69) is 15.5 Å². The summed E-state index contributed by atoms with van der Waals surface area (Å²) in [7, 11) is 1.55. The standard InChI is InChI=1S/C21H20ClN5O2S2/c1-11-23-20-18(13-5-3-4-6-16(13)31-20)19-25-26-21(27(11)19)30-10-17(28)24-14-9-12(22)7-8-15(14)29-2/h7-9H,3-6,10H2,1-2H3,(H,24,28). The molecule has 1 N–H and O–H groups in total. The number of hydrogen-bond acceptors (Lipinski definition) is 7. The number of methoxy groups -OCH3 is 1. The largest absolute Gasteiger partial charge is 0.495 e. The summed E-state index contributed by atoms with van der Waals surface area (Å²) in [5.41, 5.74) is 2.75. The number of nitrogens with zero attached hydrogens (tertiary/aromatic N) is 4. The first kappa shape index (κ1) is 20.5. The molecule has 160 valence electrons. The fraction of sp³-hybridized carbons (Fsp3) is 0.333. The molecule has 0 aliphatic heterocycles. The Bertz CT molecular complexity index is 1320. The van der Waals surface area contributed by atoms with Crippen molar-refractivity contribution in [2.75, 3.05) is 18.2 Å². The van der Waals surface area contributed by atoms with E-state index in [1.165, 1.54) is 35.0 Å². The summed E-state index contributed by atoms with van der Waals surface area (Å²) in [4.78, 5) is 19.9. The lowest BCUT2D eigenvalue weighted by Gasteiger charge is -2.11. The lowest BCUT2D eigenvalue weighted by Crippen LogP contribution is -2.15. The van der Waals surface area contributed by atoms with Crippen LogP contribution in [0.25, 0.3) is 15.9 Å². The molecule has 0 radical (unpaired) electrons. The van der Waals surface area contributed by atoms with Gasteiger partial charge in [0.2, 0.25) is 5.91 Å². The van der Waals surface area contributed by atoms with Crippen molar-refractivity contribution in [3.63, 3.8) is 0 Å². The summed E-state index contributed by atoms with van der Waals surface area (Å²) in [6.45, 7) is 1.95. The van der Waals surface area contributed by atoms with Gasteiger partial charge in [-0.25, -0.2) is 4.98 Å². The fourth-order valence-electron chi connectivity index (χ4n) is 3.97. The maximum atomic E-state index is 12.6. The van der Waals surface area contributed by atoms with E-state index in [1.807, 2.05) is 11.3 Å². The van der Waals surface area contributed by atoms with Crippen molar-refractivity contribution in [1.29, 1.82) is 0 Å². The molecule has 3 aromatic heterocycles. The average molecular weight is 474 g/mol. The monoisotopic (exact) mass is 473 g/mol. The maximum absolute atomic E-state index is 12.6. The van der Waals surface area contributed by atoms with Gasteiger partial charge in [0.15, 0.2) is 10.8 Å². The number of halogens is 1. The minimum Gasteiger partial charge on any atom is -0.495 e. The topological polar surface area (TPSA) is 81.4 Å². The van der Waals surface area contributed by atoms with E-state index in [9.17, 15) is 4.79 Å². The number of thioether (sulfide) groups is 1. The van der Waals surface area contributed by atoms with E-state index < -0.39 is 0 Å². The van der Waals surface area contributed by atoms with E-state index in [-0.39, 0.29) is 11.7 Å². The van der Waals surface area contributed by atoms with E-state index in [4.69, 9.17) is 21.3 Å². The highest BCUT2D eigenvalue weighted by Gasteiger charge is 2.23. The van der Waals surface area contributed by atoms with Crippen LogP contribution in [0.4, 0.5) is 5.69 Å². The number of fused-ring (bicyclic) bond motifs is 5. The van der Waals surface area contributed by atoms with Crippen molar-refractivity contribution in [1.82, 2.24) is 19.6 Å². The number of nitrogens with one attached hydrogen (secondary N) is 1. The molecule has 10 heteroatoms. The van der Waals surface area contributed by atoms with Gasteiger partial charge < -0.3 is 10.1 Å². The number of carbonyl (C=O) groups excluding carboxylic acids is 1. The Morgan fingerprint density at radius 1 is 1.32 bits per heavy atom. The first-order chi connectivity index (χ1) is 15.0. The van der Waals surface area contributed by atoms with E-state index in [0.717, 1.165) is 34.5 Å². The first-order valence-electron chi connectivity index (χ1n) is 9.97. The lowest BCUT2D eigenvalue weighted by molar-refractivity contribution is -0.113. The summed E-state index contributed by atoms with van der Waals surface area (Å²) in [6, 6.07) is 5.10. The smallest absolute Gasteiger partial charge is 0.234 e. The van der Waals surface area contributed by atoms with Crippen LogP contribution in [-0.4, -0.2) is 38.4 Å². The predicted molar refractivity (Wildman–Crippen MR) is 125 cm³/mol. The van der Waals surface area contributed by atoms with Gasteiger partial charge >= 0.3 is 0 Å². The summed E-state index contributed by atoms with van der Waals surface area (Å²) < 4.78 is 7.25. The van der Waals surface area contributed by atoms with Gasteiger partial charge in [-0.05, 0) is 56.4 Å². The van der Waals surface area contributed by atoms with Crippen LogP contribution in [0.1, 0.15) is 29.1 Å². The van der Waals surface area contributed by atoms with Gasteiger partial charge in [0, 0.05) is 9.90 Å². The van der Waals surface area contributed by atoms with Gasteiger partial charge in [-0.2, -0.15) is 0 Å². The highest BCUT2D eigenvalue weighted by molar-refractivity contribution is 7.99. The number of amides is 1. The molecule has 1 amide bonds. The SMILES string of the molecule is COc1ccc(Cl)cc1NC(=O)CSc1nnc2c3c4c(sc3nc(C)n12)CCCC4. The number of benzene rings is 1. The molecule has 31 heavy (non-hydrogen) atoms. The van der Waals surface area contributed by atoms with Crippen LogP contribution in [0.2, 0.25) is 5.02 Å². The van der Waals surface area contributed by atoms with E-state index in [0.29, 0.717) is 21.6 Å². The Hall–Kier alpha value is -2.36. The quantitative estimate of drug-likeness (QED) is 0.414. The van der Waals surface area contributed by atoms with Gasteiger partial charge in [-0.3, -0.25) is 9.20 Å². The third kappa shape index (κ3) is 3.75. The number of aromatic nitrogens is 4. The minimum atomic E-state index is -0.179. The highest BCUT2D eigenvalue weighted by Crippen LogP contribution is 2.38. The number of hydrogen-bond donors (Lipinski definition) is 1. The second-order valence-electron chi connectivity index (χ2n) is 7.37. The zero-order valence-corrected chi connectivity index (χ0v) is 19.5. The van der Waals surface area contributed by atoms with Crippen molar-refractivity contribution >= 4 is 62.2 Å². The Morgan fingerprint density at radius 2 is 2.16 bits per heavy atom. The van der Waals surface area contributed by atoms with Crippen LogP contribution in [0.3, 0.4) is 0 Å². The number of carbonyl (C=O) groups is 1. The number of aryl methyl sites for hydroxylation is 3. The van der Waals surface area contributed by atoms with Gasteiger partial charge in [0.05, 0.1) is 23.9 Å². The summed E-state index contributed by atoms with van der Waals surface area (Å²) in [6.07, 6.45) is 4.61. The molecule has 0 fully saturated rings. The first-order valence-corrected chi connectivity index (χ1v) is 12.2. The van der Waals surface area contributed by atoms with Crippen LogP contribution in [0, 0.1) is 6.92 Å². The van der Waals surface area contributed by atoms with Crippen LogP contribution in [0.5, 0.6) is 5.75 Å². The number of anilines is 1. The number of rotatable bonds is 5. The molecule has 1 aliphatic rings. The fourth-order valence-corrected chi connectivity index (χ4v) is 6.22. The molecule has 3 heterocycles. The molecule has 0 bridgehead atoms. The normalized spacial score (nSPS) is 13.5. The molecule has 0 spiro atoms. The second kappa shape index (κ2) is 8.29. The molecule has 5 rings (SSSR count). The van der Waals surface area contributed by atoms with E-state index in [1.54, 1.807) is 36.6 Å².